The second kappa shape index (κ2) is 6.91. The van der Waals surface area contributed by atoms with Gasteiger partial charge in [-0.3, -0.25) is 9.59 Å². The number of carbonyl (C=O) groups is 2. The molecule has 21 heavy (non-hydrogen) atoms. The maximum Gasteiger partial charge on any atom is 0.223 e. The standard InChI is InChI=1S/C15H19ClN2O3/c16-10-6-4-9(5-7-10)13(19)8-14(20)18-12-3-1-2-11(12)15(17)21/h4-7,11-13,19H,1-3,8H2,(H2,17,21)(H,18,20)/t11-,12+,13-/m1/s1. The van der Waals surface area contributed by atoms with Crippen molar-refractivity contribution in [1.29, 1.82) is 0 Å². The molecule has 1 fully saturated rings. The zero-order valence-corrected chi connectivity index (χ0v) is 12.3. The third-order valence-electron chi connectivity index (χ3n) is 3.86. The van der Waals surface area contributed by atoms with Crippen molar-refractivity contribution in [1.82, 2.24) is 5.32 Å². The van der Waals surface area contributed by atoms with Gasteiger partial charge in [-0.25, -0.2) is 0 Å². The number of benzene rings is 1. The highest BCUT2D eigenvalue weighted by molar-refractivity contribution is 6.30. The molecule has 4 N–H and O–H groups in total. The van der Waals surface area contributed by atoms with Crippen molar-refractivity contribution >= 4 is 23.4 Å². The number of halogens is 1. The third kappa shape index (κ3) is 4.19. The summed E-state index contributed by atoms with van der Waals surface area (Å²) in [5.74, 6) is -0.965. The van der Waals surface area contributed by atoms with Crippen LogP contribution in [-0.4, -0.2) is 23.0 Å². The monoisotopic (exact) mass is 310 g/mol. The van der Waals surface area contributed by atoms with E-state index in [-0.39, 0.29) is 30.2 Å². The Labute approximate surface area is 128 Å². The van der Waals surface area contributed by atoms with Crippen LogP contribution in [0.2, 0.25) is 5.02 Å². The van der Waals surface area contributed by atoms with E-state index in [2.05, 4.69) is 5.32 Å². The Morgan fingerprint density at radius 1 is 1.33 bits per heavy atom. The molecule has 114 valence electrons. The maximum atomic E-state index is 12.0. The highest BCUT2D eigenvalue weighted by Gasteiger charge is 2.32. The number of amides is 2. The number of aliphatic hydroxyl groups excluding tert-OH is 1. The summed E-state index contributed by atoms with van der Waals surface area (Å²) in [5, 5.41) is 13.4. The summed E-state index contributed by atoms with van der Waals surface area (Å²) in [6.07, 6.45) is 1.38. The molecule has 2 rings (SSSR count). The topological polar surface area (TPSA) is 92.4 Å². The molecule has 1 saturated carbocycles. The molecule has 1 aromatic carbocycles. The van der Waals surface area contributed by atoms with Gasteiger partial charge in [0.2, 0.25) is 11.8 Å². The molecule has 3 atom stereocenters. The molecule has 0 bridgehead atoms. The molecule has 0 aromatic heterocycles. The minimum Gasteiger partial charge on any atom is -0.388 e. The molecule has 2 amide bonds. The van der Waals surface area contributed by atoms with E-state index in [9.17, 15) is 14.7 Å². The van der Waals surface area contributed by atoms with Crippen LogP contribution in [0.25, 0.3) is 0 Å². The van der Waals surface area contributed by atoms with E-state index in [0.29, 0.717) is 17.0 Å². The lowest BCUT2D eigenvalue weighted by molar-refractivity contribution is -0.125. The summed E-state index contributed by atoms with van der Waals surface area (Å²) in [6.45, 7) is 0. The van der Waals surface area contributed by atoms with Crippen LogP contribution in [0.3, 0.4) is 0 Å². The van der Waals surface area contributed by atoms with E-state index < -0.39 is 6.10 Å². The van der Waals surface area contributed by atoms with Gasteiger partial charge >= 0.3 is 0 Å². The van der Waals surface area contributed by atoms with Crippen LogP contribution in [0.5, 0.6) is 0 Å². The summed E-state index contributed by atoms with van der Waals surface area (Å²) in [7, 11) is 0. The van der Waals surface area contributed by atoms with Crippen molar-refractivity contribution in [3.8, 4) is 0 Å². The van der Waals surface area contributed by atoms with Crippen molar-refractivity contribution in [2.75, 3.05) is 0 Å². The van der Waals surface area contributed by atoms with Gasteiger partial charge < -0.3 is 16.2 Å². The molecular weight excluding hydrogens is 292 g/mol. The molecule has 5 nitrogen and oxygen atoms in total. The van der Waals surface area contributed by atoms with Crippen molar-refractivity contribution in [3.05, 3.63) is 34.9 Å². The summed E-state index contributed by atoms with van der Waals surface area (Å²) in [6, 6.07) is 6.48. The molecule has 0 unspecified atom stereocenters. The predicted octanol–water partition coefficient (Wildman–Crippen LogP) is 1.53. The first-order chi connectivity index (χ1) is 9.97. The lowest BCUT2D eigenvalue weighted by Gasteiger charge is -2.19. The average Bonchev–Trinajstić information content (AvgIpc) is 2.87. The van der Waals surface area contributed by atoms with Crippen LogP contribution >= 0.6 is 11.6 Å². The molecular formula is C15H19ClN2O3. The predicted molar refractivity (Wildman–Crippen MR) is 79.5 cm³/mol. The van der Waals surface area contributed by atoms with E-state index in [4.69, 9.17) is 17.3 Å². The second-order valence-corrected chi connectivity index (χ2v) is 5.82. The lowest BCUT2D eigenvalue weighted by atomic mass is 10.0. The fourth-order valence-corrected chi connectivity index (χ4v) is 2.84. The number of aliphatic hydroxyl groups is 1. The summed E-state index contributed by atoms with van der Waals surface area (Å²) in [5.41, 5.74) is 5.95. The molecule has 0 radical (unpaired) electrons. The molecule has 1 aliphatic rings. The molecule has 0 aliphatic heterocycles. The van der Waals surface area contributed by atoms with Gasteiger partial charge in [0, 0.05) is 11.1 Å². The van der Waals surface area contributed by atoms with Gasteiger partial charge in [0.1, 0.15) is 0 Å². The van der Waals surface area contributed by atoms with Crippen molar-refractivity contribution in [2.45, 2.75) is 37.8 Å². The van der Waals surface area contributed by atoms with Crippen LogP contribution in [0.15, 0.2) is 24.3 Å². The van der Waals surface area contributed by atoms with Gasteiger partial charge in [-0.15, -0.1) is 0 Å². The average molecular weight is 311 g/mol. The van der Waals surface area contributed by atoms with Crippen LogP contribution in [0.4, 0.5) is 0 Å². The highest BCUT2D eigenvalue weighted by Crippen LogP contribution is 2.26. The van der Waals surface area contributed by atoms with E-state index in [1.165, 1.54) is 0 Å². The number of carbonyl (C=O) groups excluding carboxylic acids is 2. The first kappa shape index (κ1) is 15.8. The normalized spacial score (nSPS) is 22.8. The van der Waals surface area contributed by atoms with Crippen molar-refractivity contribution in [3.63, 3.8) is 0 Å². The molecule has 0 spiro atoms. The fourth-order valence-electron chi connectivity index (χ4n) is 2.72. The van der Waals surface area contributed by atoms with E-state index >= 15 is 0 Å². The zero-order chi connectivity index (χ0) is 15.4. The van der Waals surface area contributed by atoms with Gasteiger partial charge in [0.15, 0.2) is 0 Å². The largest absolute Gasteiger partial charge is 0.388 e. The second-order valence-electron chi connectivity index (χ2n) is 5.39. The van der Waals surface area contributed by atoms with Crippen LogP contribution < -0.4 is 11.1 Å². The van der Waals surface area contributed by atoms with Crippen LogP contribution in [-0.2, 0) is 9.59 Å². The van der Waals surface area contributed by atoms with Crippen LogP contribution in [0.1, 0.15) is 37.4 Å². The van der Waals surface area contributed by atoms with Gasteiger partial charge in [0.25, 0.3) is 0 Å². The van der Waals surface area contributed by atoms with Crippen molar-refractivity contribution in [2.24, 2.45) is 11.7 Å². The zero-order valence-electron chi connectivity index (χ0n) is 11.6. The summed E-state index contributed by atoms with van der Waals surface area (Å²) >= 11 is 5.78. The SMILES string of the molecule is NC(=O)[C@@H]1CCC[C@@H]1NC(=O)C[C@@H](O)c1ccc(Cl)cc1. The summed E-state index contributed by atoms with van der Waals surface area (Å²) < 4.78 is 0. The van der Waals surface area contributed by atoms with E-state index in [1.54, 1.807) is 24.3 Å². The number of nitrogens with one attached hydrogen (secondary N) is 1. The first-order valence-electron chi connectivity index (χ1n) is 6.99. The van der Waals surface area contributed by atoms with Gasteiger partial charge in [-0.1, -0.05) is 30.2 Å². The highest BCUT2D eigenvalue weighted by atomic mass is 35.5. The Bertz CT molecular complexity index is 518. The Balaban J connectivity index is 1.89. The summed E-state index contributed by atoms with van der Waals surface area (Å²) in [4.78, 5) is 23.2. The number of rotatable bonds is 5. The Morgan fingerprint density at radius 2 is 2.00 bits per heavy atom. The van der Waals surface area contributed by atoms with Crippen molar-refractivity contribution < 1.29 is 14.7 Å². The van der Waals surface area contributed by atoms with Gasteiger partial charge in [-0.05, 0) is 30.5 Å². The van der Waals surface area contributed by atoms with E-state index in [1.807, 2.05) is 0 Å². The Hall–Kier alpha value is -1.59. The third-order valence-corrected chi connectivity index (χ3v) is 4.11. The quantitative estimate of drug-likeness (QED) is 0.770. The number of primary amides is 1. The first-order valence-corrected chi connectivity index (χ1v) is 7.37. The maximum absolute atomic E-state index is 12.0. The molecule has 1 aromatic rings. The molecule has 0 heterocycles. The van der Waals surface area contributed by atoms with Crippen LogP contribution in [0, 0.1) is 5.92 Å². The molecule has 1 aliphatic carbocycles. The molecule has 6 heteroatoms. The number of hydrogen-bond donors (Lipinski definition) is 3. The lowest BCUT2D eigenvalue weighted by Crippen LogP contribution is -2.42. The minimum atomic E-state index is -0.893. The Morgan fingerprint density at radius 3 is 2.62 bits per heavy atom. The smallest absolute Gasteiger partial charge is 0.223 e. The van der Waals surface area contributed by atoms with Gasteiger partial charge in [-0.2, -0.15) is 0 Å². The number of hydrogen-bond acceptors (Lipinski definition) is 3. The molecule has 0 saturated heterocycles. The fraction of sp³-hybridized carbons (Fsp3) is 0.467. The van der Waals surface area contributed by atoms with Gasteiger partial charge in [0.05, 0.1) is 18.4 Å². The Kier molecular flexibility index (Phi) is 5.20. The number of nitrogens with two attached hydrogens (primary N) is 1. The minimum absolute atomic E-state index is 0.0520. The van der Waals surface area contributed by atoms with E-state index in [0.717, 1.165) is 12.8 Å².